The number of nitrogens with one attached hydrogen (secondary N) is 2. The van der Waals surface area contributed by atoms with Crippen molar-refractivity contribution in [1.82, 2.24) is 20.6 Å². The molecule has 0 atom stereocenters. The van der Waals surface area contributed by atoms with Crippen LogP contribution < -0.4 is 5.32 Å². The minimum absolute atomic E-state index is 0.123. The summed E-state index contributed by atoms with van der Waals surface area (Å²) in [6.07, 6.45) is 0.634. The number of Topliss-reactive ketones (excluding diaryl/α,β-unsaturated/α-hetero) is 1. The number of tetrazole rings is 1. The van der Waals surface area contributed by atoms with Crippen molar-refractivity contribution in [3.05, 3.63) is 22.7 Å². The molecule has 2 aromatic rings. The third-order valence-electron chi connectivity index (χ3n) is 3.14. The molecule has 0 bridgehead atoms. The van der Waals surface area contributed by atoms with Gasteiger partial charge in [0.05, 0.1) is 11.6 Å². The molecule has 3 rings (SSSR count). The predicted octanol–water partition coefficient (Wildman–Crippen LogP) is 1.55. The van der Waals surface area contributed by atoms with E-state index in [0.29, 0.717) is 29.9 Å². The van der Waals surface area contributed by atoms with Crippen LogP contribution in [-0.2, 0) is 9.59 Å². The fraction of sp³-hybridized carbons (Fsp3) is 0.250. The molecule has 0 unspecified atom stereocenters. The lowest BCUT2D eigenvalue weighted by atomic mass is 9.83. The second-order valence-electron chi connectivity index (χ2n) is 4.56. The van der Waals surface area contributed by atoms with Crippen LogP contribution in [-0.4, -0.2) is 32.3 Å². The molecular formula is C12H10BrN5O2. The molecule has 1 saturated carbocycles. The van der Waals surface area contributed by atoms with Gasteiger partial charge >= 0.3 is 0 Å². The SMILES string of the molecule is O=C1CC(C(=O)Nc2cc(Br)ccc2-c2nn[nH]n2)C1. The Morgan fingerprint density at radius 2 is 2.20 bits per heavy atom. The number of halogens is 1. The van der Waals surface area contributed by atoms with Crippen LogP contribution in [0, 0.1) is 5.92 Å². The molecule has 0 saturated heterocycles. The fourth-order valence-corrected chi connectivity index (χ4v) is 2.36. The number of hydrogen-bond donors (Lipinski definition) is 2. The minimum atomic E-state index is -0.236. The number of anilines is 1. The van der Waals surface area contributed by atoms with Gasteiger partial charge in [-0.2, -0.15) is 5.21 Å². The van der Waals surface area contributed by atoms with Crippen molar-refractivity contribution in [2.75, 3.05) is 5.32 Å². The summed E-state index contributed by atoms with van der Waals surface area (Å²) >= 11 is 3.36. The van der Waals surface area contributed by atoms with Gasteiger partial charge in [0.25, 0.3) is 0 Å². The normalized spacial score (nSPS) is 14.9. The van der Waals surface area contributed by atoms with Crippen LogP contribution >= 0.6 is 15.9 Å². The number of aromatic amines is 1. The highest BCUT2D eigenvalue weighted by atomic mass is 79.9. The number of H-pyrrole nitrogens is 1. The van der Waals surface area contributed by atoms with E-state index < -0.39 is 0 Å². The standard InChI is InChI=1S/C12H10BrN5O2/c13-7-1-2-9(11-15-17-18-16-11)10(5-7)14-12(20)6-3-8(19)4-6/h1-2,5-6H,3-4H2,(H,14,20)(H,15,16,17,18). The number of aromatic nitrogens is 4. The highest BCUT2D eigenvalue weighted by molar-refractivity contribution is 9.10. The highest BCUT2D eigenvalue weighted by Gasteiger charge is 2.33. The van der Waals surface area contributed by atoms with Crippen molar-refractivity contribution < 1.29 is 9.59 Å². The smallest absolute Gasteiger partial charge is 0.228 e. The third kappa shape index (κ3) is 2.46. The van der Waals surface area contributed by atoms with Crippen molar-refractivity contribution in [3.63, 3.8) is 0 Å². The van der Waals surface area contributed by atoms with E-state index in [1.807, 2.05) is 6.07 Å². The highest BCUT2D eigenvalue weighted by Crippen LogP contribution is 2.30. The Morgan fingerprint density at radius 3 is 2.85 bits per heavy atom. The summed E-state index contributed by atoms with van der Waals surface area (Å²) in [5.41, 5.74) is 1.26. The second-order valence-corrected chi connectivity index (χ2v) is 5.47. The van der Waals surface area contributed by atoms with Gasteiger partial charge in [0.2, 0.25) is 11.7 Å². The molecule has 1 aromatic heterocycles. The van der Waals surface area contributed by atoms with Crippen LogP contribution in [0.1, 0.15) is 12.8 Å². The molecule has 1 heterocycles. The van der Waals surface area contributed by atoms with Crippen molar-refractivity contribution in [1.29, 1.82) is 0 Å². The zero-order valence-electron chi connectivity index (χ0n) is 10.3. The maximum absolute atomic E-state index is 12.0. The number of carbonyl (C=O) groups excluding carboxylic acids is 2. The van der Waals surface area contributed by atoms with Gasteiger partial charge in [-0.25, -0.2) is 0 Å². The molecule has 0 radical (unpaired) electrons. The molecule has 102 valence electrons. The quantitative estimate of drug-likeness (QED) is 0.886. The van der Waals surface area contributed by atoms with E-state index >= 15 is 0 Å². The molecule has 1 fully saturated rings. The molecule has 1 aliphatic rings. The van der Waals surface area contributed by atoms with E-state index in [2.05, 4.69) is 41.9 Å². The number of amides is 1. The van der Waals surface area contributed by atoms with Gasteiger partial charge in [0.1, 0.15) is 5.78 Å². The molecular weight excluding hydrogens is 326 g/mol. The first-order valence-electron chi connectivity index (χ1n) is 5.99. The lowest BCUT2D eigenvalue weighted by molar-refractivity contribution is -0.135. The number of benzene rings is 1. The Hall–Kier alpha value is -2.09. The Labute approximate surface area is 122 Å². The zero-order valence-corrected chi connectivity index (χ0v) is 11.8. The maximum Gasteiger partial charge on any atom is 0.228 e. The predicted molar refractivity (Wildman–Crippen MR) is 73.7 cm³/mol. The van der Waals surface area contributed by atoms with Gasteiger partial charge in [-0.05, 0) is 23.4 Å². The first-order chi connectivity index (χ1) is 9.63. The molecule has 0 aliphatic heterocycles. The van der Waals surface area contributed by atoms with Crippen LogP contribution in [0.4, 0.5) is 5.69 Å². The lowest BCUT2D eigenvalue weighted by Gasteiger charge is -2.23. The van der Waals surface area contributed by atoms with Crippen molar-refractivity contribution in [3.8, 4) is 11.4 Å². The Kier molecular flexibility index (Phi) is 3.31. The van der Waals surface area contributed by atoms with Crippen molar-refractivity contribution in [2.45, 2.75) is 12.8 Å². The lowest BCUT2D eigenvalue weighted by Crippen LogP contribution is -2.34. The summed E-state index contributed by atoms with van der Waals surface area (Å²) in [5, 5.41) is 16.5. The first kappa shape index (κ1) is 12.9. The second kappa shape index (κ2) is 5.12. The van der Waals surface area contributed by atoms with Crippen LogP contribution in [0.3, 0.4) is 0 Å². The average Bonchev–Trinajstić information content (AvgIpc) is 2.89. The molecule has 2 N–H and O–H groups in total. The molecule has 1 amide bonds. The topological polar surface area (TPSA) is 101 Å². The van der Waals surface area contributed by atoms with Gasteiger partial charge in [-0.1, -0.05) is 15.9 Å². The Balaban J connectivity index is 1.86. The van der Waals surface area contributed by atoms with E-state index in [1.54, 1.807) is 12.1 Å². The van der Waals surface area contributed by atoms with Gasteiger partial charge in [0.15, 0.2) is 0 Å². The number of nitrogens with zero attached hydrogens (tertiary/aromatic N) is 3. The van der Waals surface area contributed by atoms with E-state index in [1.165, 1.54) is 0 Å². The Morgan fingerprint density at radius 1 is 1.40 bits per heavy atom. The van der Waals surface area contributed by atoms with Crippen LogP contribution in [0.2, 0.25) is 0 Å². The molecule has 20 heavy (non-hydrogen) atoms. The summed E-state index contributed by atoms with van der Waals surface area (Å²) in [4.78, 5) is 23.0. The van der Waals surface area contributed by atoms with Crippen molar-refractivity contribution >= 4 is 33.3 Å². The number of carbonyl (C=O) groups is 2. The largest absolute Gasteiger partial charge is 0.325 e. The number of hydrogen-bond acceptors (Lipinski definition) is 5. The monoisotopic (exact) mass is 335 g/mol. The van der Waals surface area contributed by atoms with E-state index in [0.717, 1.165) is 4.47 Å². The van der Waals surface area contributed by atoms with Crippen LogP contribution in [0.5, 0.6) is 0 Å². The first-order valence-corrected chi connectivity index (χ1v) is 6.78. The maximum atomic E-state index is 12.0. The third-order valence-corrected chi connectivity index (χ3v) is 3.64. The van der Waals surface area contributed by atoms with Gasteiger partial charge in [0, 0.05) is 22.9 Å². The average molecular weight is 336 g/mol. The molecule has 1 aliphatic carbocycles. The van der Waals surface area contributed by atoms with Crippen LogP contribution in [0.15, 0.2) is 22.7 Å². The molecule has 0 spiro atoms. The van der Waals surface area contributed by atoms with Crippen molar-refractivity contribution in [2.24, 2.45) is 5.92 Å². The summed E-state index contributed by atoms with van der Waals surface area (Å²) in [6.45, 7) is 0. The summed E-state index contributed by atoms with van der Waals surface area (Å²) < 4.78 is 0.824. The zero-order chi connectivity index (χ0) is 14.1. The summed E-state index contributed by atoms with van der Waals surface area (Å²) in [5.74, 6) is 0.127. The summed E-state index contributed by atoms with van der Waals surface area (Å²) in [6, 6.07) is 5.38. The van der Waals surface area contributed by atoms with Gasteiger partial charge in [-0.15, -0.1) is 10.2 Å². The van der Waals surface area contributed by atoms with E-state index in [-0.39, 0.29) is 17.6 Å². The number of ketones is 1. The van der Waals surface area contributed by atoms with Crippen LogP contribution in [0.25, 0.3) is 11.4 Å². The molecule has 8 heteroatoms. The van der Waals surface area contributed by atoms with Gasteiger partial charge < -0.3 is 5.32 Å². The van der Waals surface area contributed by atoms with Gasteiger partial charge in [-0.3, -0.25) is 9.59 Å². The summed E-state index contributed by atoms with van der Waals surface area (Å²) in [7, 11) is 0. The number of rotatable bonds is 3. The minimum Gasteiger partial charge on any atom is -0.325 e. The molecule has 1 aromatic carbocycles. The van der Waals surface area contributed by atoms with E-state index in [4.69, 9.17) is 0 Å². The Bertz CT molecular complexity index is 662. The fourth-order valence-electron chi connectivity index (χ4n) is 2.00. The van der Waals surface area contributed by atoms with E-state index in [9.17, 15) is 9.59 Å². The molecule has 7 nitrogen and oxygen atoms in total.